The molecule has 3 aliphatic rings. The highest BCUT2D eigenvalue weighted by Crippen LogP contribution is 2.51. The maximum absolute atomic E-state index is 2.66. The molecule has 4 aromatic carbocycles. The summed E-state index contributed by atoms with van der Waals surface area (Å²) in [4.78, 5) is 5.30. The molecular weight excluding hydrogens is 745 g/mol. The van der Waals surface area contributed by atoms with E-state index in [1.54, 1.807) is 0 Å². The molecule has 1 atom stereocenters. The van der Waals surface area contributed by atoms with E-state index in [4.69, 9.17) is 0 Å². The van der Waals surface area contributed by atoms with Crippen molar-refractivity contribution >= 4 is 44.2 Å². The molecule has 0 fully saturated rings. The summed E-state index contributed by atoms with van der Waals surface area (Å²) in [5.74, 6) is 0. The number of fused-ring (bicyclic) bond motifs is 3. The van der Waals surface area contributed by atoms with Crippen LogP contribution in [0.1, 0.15) is 169 Å². The molecule has 1 aromatic heterocycles. The first-order valence-electron chi connectivity index (χ1n) is 22.8. The summed E-state index contributed by atoms with van der Waals surface area (Å²) in [6.07, 6.45) is 10.7. The van der Waals surface area contributed by atoms with Crippen LogP contribution in [0.25, 0.3) is 10.1 Å². The fraction of sp³-hybridized carbons (Fsp3) is 0.474. The van der Waals surface area contributed by atoms with Crippen molar-refractivity contribution in [3.63, 3.8) is 0 Å². The van der Waals surface area contributed by atoms with E-state index in [1.807, 2.05) is 11.3 Å². The standard InChI is InChI=1S/C57H72N2S/c1-37-30-43(33-44(31-37)59(40-19-16-38(17-20-40)52(2,3)4)50-36-60-51-25-18-39(32-45(50)51)53(5,6)7)58(41-21-23-46-48(34-41)56(12,13)28-26-54(46,8)9)42-22-24-47-49(35-42)57(14,15)29-27-55(47,10)11/h16-25,30-32,34-36,44H,26-29,33H2,1-15H3. The van der Waals surface area contributed by atoms with Gasteiger partial charge in [-0.3, -0.25) is 0 Å². The highest BCUT2D eigenvalue weighted by atomic mass is 32.1. The number of hydrogen-bond donors (Lipinski definition) is 0. The molecule has 0 saturated heterocycles. The Morgan fingerprint density at radius 2 is 1.02 bits per heavy atom. The second-order valence-corrected chi connectivity index (χ2v) is 24.3. The number of allylic oxidation sites excluding steroid dienone is 2. The number of nitrogens with zero attached hydrogens (tertiary/aromatic N) is 2. The topological polar surface area (TPSA) is 6.48 Å². The van der Waals surface area contributed by atoms with Gasteiger partial charge in [-0.1, -0.05) is 139 Å². The second kappa shape index (κ2) is 14.5. The quantitative estimate of drug-likeness (QED) is 0.168. The lowest BCUT2D eigenvalue weighted by atomic mass is 9.63. The summed E-state index contributed by atoms with van der Waals surface area (Å²) in [5, 5.41) is 3.75. The van der Waals surface area contributed by atoms with Crippen LogP contribution in [0.15, 0.2) is 108 Å². The first kappa shape index (κ1) is 42.6. The van der Waals surface area contributed by atoms with Gasteiger partial charge in [-0.2, -0.15) is 0 Å². The van der Waals surface area contributed by atoms with Crippen LogP contribution in [-0.4, -0.2) is 6.04 Å². The molecule has 8 rings (SSSR count). The number of rotatable bonds is 6. The lowest BCUT2D eigenvalue weighted by Crippen LogP contribution is -2.36. The molecule has 60 heavy (non-hydrogen) atoms. The van der Waals surface area contributed by atoms with Gasteiger partial charge >= 0.3 is 0 Å². The Labute approximate surface area is 367 Å². The number of thiophene rings is 1. The Morgan fingerprint density at radius 3 is 1.52 bits per heavy atom. The van der Waals surface area contributed by atoms with Gasteiger partial charge in [0, 0.05) is 44.6 Å². The van der Waals surface area contributed by atoms with Gasteiger partial charge in [0.15, 0.2) is 0 Å². The van der Waals surface area contributed by atoms with Crippen molar-refractivity contribution in [2.75, 3.05) is 9.80 Å². The van der Waals surface area contributed by atoms with Crippen LogP contribution >= 0.6 is 11.3 Å². The van der Waals surface area contributed by atoms with Crippen molar-refractivity contribution in [3.8, 4) is 0 Å². The minimum absolute atomic E-state index is 0.0572. The molecule has 3 aliphatic carbocycles. The summed E-state index contributed by atoms with van der Waals surface area (Å²) in [5.41, 5.74) is 17.1. The molecular formula is C57H72N2S. The molecule has 0 spiro atoms. The van der Waals surface area contributed by atoms with Gasteiger partial charge in [-0.05, 0) is 153 Å². The Kier molecular flexibility index (Phi) is 10.3. The van der Waals surface area contributed by atoms with Gasteiger partial charge in [-0.15, -0.1) is 11.3 Å². The van der Waals surface area contributed by atoms with Crippen LogP contribution in [0, 0.1) is 0 Å². The Balaban J connectivity index is 1.31. The molecule has 3 heteroatoms. The Bertz CT molecular complexity index is 2420. The highest BCUT2D eigenvalue weighted by Gasteiger charge is 2.40. The van der Waals surface area contributed by atoms with Crippen molar-refractivity contribution in [2.24, 2.45) is 0 Å². The van der Waals surface area contributed by atoms with E-state index in [2.05, 4.69) is 210 Å². The van der Waals surface area contributed by atoms with E-state index in [9.17, 15) is 0 Å². The average molecular weight is 817 g/mol. The van der Waals surface area contributed by atoms with Gasteiger partial charge in [0.1, 0.15) is 0 Å². The summed E-state index contributed by atoms with van der Waals surface area (Å²) in [6, 6.07) is 31.6. The zero-order valence-corrected chi connectivity index (χ0v) is 40.5. The third-order valence-electron chi connectivity index (χ3n) is 14.8. The molecule has 1 heterocycles. The third kappa shape index (κ3) is 7.71. The van der Waals surface area contributed by atoms with E-state index < -0.39 is 0 Å². The smallest absolute Gasteiger partial charge is 0.0605 e. The van der Waals surface area contributed by atoms with Crippen molar-refractivity contribution in [1.29, 1.82) is 0 Å². The van der Waals surface area contributed by atoms with Gasteiger partial charge < -0.3 is 9.80 Å². The van der Waals surface area contributed by atoms with E-state index in [-0.39, 0.29) is 38.5 Å². The molecule has 1 unspecified atom stereocenters. The maximum atomic E-state index is 2.66. The third-order valence-corrected chi connectivity index (χ3v) is 15.7. The van der Waals surface area contributed by atoms with Gasteiger partial charge in [0.25, 0.3) is 0 Å². The average Bonchev–Trinajstić information content (AvgIpc) is 3.58. The van der Waals surface area contributed by atoms with Crippen LogP contribution in [0.4, 0.5) is 22.7 Å². The largest absolute Gasteiger partial charge is 0.333 e. The molecule has 0 aliphatic heterocycles. The molecule has 0 saturated carbocycles. The zero-order chi connectivity index (χ0) is 43.4. The van der Waals surface area contributed by atoms with Crippen molar-refractivity contribution in [2.45, 2.75) is 174 Å². The summed E-state index contributed by atoms with van der Waals surface area (Å²) >= 11 is 1.87. The maximum Gasteiger partial charge on any atom is 0.0605 e. The predicted octanol–water partition coefficient (Wildman–Crippen LogP) is 16.8. The first-order chi connectivity index (χ1) is 27.9. The van der Waals surface area contributed by atoms with Crippen LogP contribution in [0.2, 0.25) is 0 Å². The van der Waals surface area contributed by atoms with E-state index >= 15 is 0 Å². The molecule has 2 nitrogen and oxygen atoms in total. The van der Waals surface area contributed by atoms with Crippen LogP contribution in [0.5, 0.6) is 0 Å². The summed E-state index contributed by atoms with van der Waals surface area (Å²) < 4.78 is 1.34. The van der Waals surface area contributed by atoms with Gasteiger partial charge in [0.2, 0.25) is 0 Å². The predicted molar refractivity (Wildman–Crippen MR) is 264 cm³/mol. The molecule has 5 aromatic rings. The Hall–Kier alpha value is -4.08. The normalized spacial score (nSPS) is 20.5. The minimum Gasteiger partial charge on any atom is -0.333 e. The summed E-state index contributed by atoms with van der Waals surface area (Å²) in [7, 11) is 0. The van der Waals surface area contributed by atoms with Crippen molar-refractivity contribution in [3.05, 3.63) is 141 Å². The fourth-order valence-electron chi connectivity index (χ4n) is 10.5. The monoisotopic (exact) mass is 817 g/mol. The second-order valence-electron chi connectivity index (χ2n) is 23.4. The Morgan fingerprint density at radius 1 is 0.550 bits per heavy atom. The van der Waals surface area contributed by atoms with Gasteiger partial charge in [-0.25, -0.2) is 0 Å². The lowest BCUT2D eigenvalue weighted by molar-refractivity contribution is 0.331. The molecule has 0 amide bonds. The molecule has 0 bridgehead atoms. The van der Waals surface area contributed by atoms with E-state index in [0.717, 1.165) is 6.42 Å². The zero-order valence-electron chi connectivity index (χ0n) is 39.7. The highest BCUT2D eigenvalue weighted by molar-refractivity contribution is 7.17. The number of anilines is 4. The summed E-state index contributed by atoms with van der Waals surface area (Å²) in [6.45, 7) is 35.8. The first-order valence-corrected chi connectivity index (χ1v) is 23.6. The molecule has 0 radical (unpaired) electrons. The van der Waals surface area contributed by atoms with Crippen LogP contribution in [0.3, 0.4) is 0 Å². The number of benzene rings is 4. The van der Waals surface area contributed by atoms with Gasteiger partial charge in [0.05, 0.1) is 11.7 Å². The lowest BCUT2D eigenvalue weighted by Gasteiger charge is -2.44. The molecule has 316 valence electrons. The minimum atomic E-state index is 0.0572. The van der Waals surface area contributed by atoms with E-state index in [0.29, 0.717) is 0 Å². The van der Waals surface area contributed by atoms with Crippen LogP contribution < -0.4 is 9.80 Å². The fourth-order valence-corrected chi connectivity index (χ4v) is 11.4. The van der Waals surface area contributed by atoms with Crippen LogP contribution in [-0.2, 0) is 32.5 Å². The molecule has 0 N–H and O–H groups in total. The number of hydrogen-bond acceptors (Lipinski definition) is 3. The van der Waals surface area contributed by atoms with E-state index in [1.165, 1.54) is 103 Å². The SMILES string of the molecule is CC1=CC(N(c2ccc(C(C)(C)C)cc2)c2csc3ccc(C(C)(C)C)cc23)CC(N(c2ccc3c(c2)C(C)(C)CCC3(C)C)c2ccc3c(c2)C(C)(C)CCC3(C)C)=C1. The van der Waals surface area contributed by atoms with Crippen molar-refractivity contribution in [1.82, 2.24) is 0 Å². The van der Waals surface area contributed by atoms with Crippen molar-refractivity contribution < 1.29 is 0 Å².